The Morgan fingerprint density at radius 1 is 1.11 bits per heavy atom. The highest BCUT2D eigenvalue weighted by Gasteiger charge is 2.08. The summed E-state index contributed by atoms with van der Waals surface area (Å²) in [6.07, 6.45) is 3.58. The smallest absolute Gasteiger partial charge is 0.137 e. The molecule has 0 saturated heterocycles. The van der Waals surface area contributed by atoms with Crippen LogP contribution < -0.4 is 9.64 Å². The summed E-state index contributed by atoms with van der Waals surface area (Å²) in [4.78, 5) is 1.69. The van der Waals surface area contributed by atoms with Crippen LogP contribution in [0.15, 0.2) is 18.2 Å². The summed E-state index contributed by atoms with van der Waals surface area (Å²) < 4.78 is 5.25. The zero-order chi connectivity index (χ0) is 13.4. The zero-order valence-corrected chi connectivity index (χ0v) is 12.5. The van der Waals surface area contributed by atoms with E-state index in [0.29, 0.717) is 5.02 Å². The topological polar surface area (TPSA) is 13.7 Å². The fourth-order valence-corrected chi connectivity index (χ4v) is 2.46. The summed E-state index contributed by atoms with van der Waals surface area (Å²) in [5, 5.41) is 0.688. The first-order chi connectivity index (χ1) is 8.71. The lowest BCUT2D eigenvalue weighted by atomic mass is 10.1. The van der Waals surface area contributed by atoms with E-state index in [1.54, 1.807) is 12.0 Å². The summed E-state index contributed by atoms with van der Waals surface area (Å²) >= 11 is 6.03. The minimum Gasteiger partial charge on any atom is -0.495 e. The van der Waals surface area contributed by atoms with Gasteiger partial charge >= 0.3 is 0 Å². The normalized spacial score (nSPS) is 10.9. The summed E-state index contributed by atoms with van der Waals surface area (Å²) in [5.41, 5.74) is 1.31. The first-order valence-electron chi connectivity index (χ1n) is 6.87. The van der Waals surface area contributed by atoms with Crippen LogP contribution >= 0.6 is 11.6 Å². The van der Waals surface area contributed by atoms with E-state index in [1.165, 1.54) is 38.0 Å². The van der Waals surface area contributed by atoms with Gasteiger partial charge in [-0.2, -0.15) is 0 Å². The molecule has 0 saturated carbocycles. The Kier molecular flexibility index (Phi) is 7.14. The molecule has 0 bridgehead atoms. The average molecular weight is 271 g/mol. The lowest BCUT2D eigenvalue weighted by molar-refractivity contribution is -0.900. The predicted molar refractivity (Wildman–Crippen MR) is 77.9 cm³/mol. The fourth-order valence-electron chi connectivity index (χ4n) is 2.26. The quantitative estimate of drug-likeness (QED) is 0.767. The Labute approximate surface area is 116 Å². The van der Waals surface area contributed by atoms with Crippen molar-refractivity contribution in [2.45, 2.75) is 33.1 Å². The van der Waals surface area contributed by atoms with Gasteiger partial charge in [0, 0.05) is 6.42 Å². The molecule has 1 N–H and O–H groups in total. The van der Waals surface area contributed by atoms with Crippen LogP contribution in [0.3, 0.4) is 0 Å². The zero-order valence-electron chi connectivity index (χ0n) is 11.8. The molecule has 0 aromatic heterocycles. The largest absolute Gasteiger partial charge is 0.495 e. The SMILES string of the molecule is CCC[NH+](CCC)CCc1ccc(Cl)c(OC)c1. The van der Waals surface area contributed by atoms with Crippen molar-refractivity contribution in [3.8, 4) is 5.75 Å². The summed E-state index contributed by atoms with van der Waals surface area (Å²) in [5.74, 6) is 0.779. The van der Waals surface area contributed by atoms with Crippen molar-refractivity contribution >= 4 is 11.6 Å². The van der Waals surface area contributed by atoms with Crippen molar-refractivity contribution in [3.05, 3.63) is 28.8 Å². The molecule has 0 aliphatic heterocycles. The van der Waals surface area contributed by atoms with Crippen LogP contribution in [-0.4, -0.2) is 26.7 Å². The Bertz CT molecular complexity index is 348. The van der Waals surface area contributed by atoms with Crippen LogP contribution in [0.1, 0.15) is 32.3 Å². The molecular formula is C15H25ClNO+. The molecule has 0 aliphatic carbocycles. The first kappa shape index (κ1) is 15.3. The van der Waals surface area contributed by atoms with Gasteiger partial charge in [0.25, 0.3) is 0 Å². The van der Waals surface area contributed by atoms with E-state index in [4.69, 9.17) is 16.3 Å². The van der Waals surface area contributed by atoms with Crippen molar-refractivity contribution in [2.75, 3.05) is 26.7 Å². The first-order valence-corrected chi connectivity index (χ1v) is 7.25. The Balaban J connectivity index is 2.55. The fraction of sp³-hybridized carbons (Fsp3) is 0.600. The van der Waals surface area contributed by atoms with Gasteiger partial charge in [0.2, 0.25) is 0 Å². The Hall–Kier alpha value is -0.730. The number of halogens is 1. The lowest BCUT2D eigenvalue weighted by Crippen LogP contribution is -3.12. The second-order valence-corrected chi connectivity index (χ2v) is 5.13. The number of rotatable bonds is 8. The number of methoxy groups -OCH3 is 1. The summed E-state index contributed by atoms with van der Waals surface area (Å²) in [7, 11) is 1.66. The minimum absolute atomic E-state index is 0.688. The third-order valence-electron chi connectivity index (χ3n) is 3.19. The molecule has 2 nitrogen and oxygen atoms in total. The van der Waals surface area contributed by atoms with Crippen LogP contribution in [0.25, 0.3) is 0 Å². The molecule has 1 rings (SSSR count). The van der Waals surface area contributed by atoms with Crippen LogP contribution in [0.4, 0.5) is 0 Å². The number of ether oxygens (including phenoxy) is 1. The van der Waals surface area contributed by atoms with Crippen LogP contribution in [0, 0.1) is 0 Å². The molecule has 0 unspecified atom stereocenters. The molecule has 3 heteroatoms. The third kappa shape index (κ3) is 4.87. The Morgan fingerprint density at radius 3 is 2.33 bits per heavy atom. The predicted octanol–water partition coefficient (Wildman–Crippen LogP) is 2.60. The van der Waals surface area contributed by atoms with Gasteiger partial charge in [-0.05, 0) is 30.5 Å². The number of hydrogen-bond donors (Lipinski definition) is 1. The van der Waals surface area contributed by atoms with Gasteiger partial charge in [0.15, 0.2) is 0 Å². The summed E-state index contributed by atoms with van der Waals surface area (Å²) in [6.45, 7) is 8.21. The molecule has 0 aliphatic rings. The van der Waals surface area contributed by atoms with Gasteiger partial charge in [-0.15, -0.1) is 0 Å². The van der Waals surface area contributed by atoms with Gasteiger partial charge in [-0.25, -0.2) is 0 Å². The molecule has 0 amide bonds. The van der Waals surface area contributed by atoms with Gasteiger partial charge in [0.05, 0.1) is 31.8 Å². The molecule has 0 atom stereocenters. The third-order valence-corrected chi connectivity index (χ3v) is 3.50. The standard InChI is InChI=1S/C15H24ClNO/c1-4-9-17(10-5-2)11-8-13-6-7-14(16)15(12-13)18-3/h6-7,12H,4-5,8-11H2,1-3H3/p+1. The lowest BCUT2D eigenvalue weighted by Gasteiger charge is -2.18. The monoisotopic (exact) mass is 270 g/mol. The summed E-state index contributed by atoms with van der Waals surface area (Å²) in [6, 6.07) is 6.08. The van der Waals surface area contributed by atoms with E-state index >= 15 is 0 Å². The van der Waals surface area contributed by atoms with E-state index in [-0.39, 0.29) is 0 Å². The molecule has 0 heterocycles. The number of nitrogens with one attached hydrogen (secondary N) is 1. The molecule has 0 spiro atoms. The van der Waals surface area contributed by atoms with Gasteiger partial charge in [-0.1, -0.05) is 31.5 Å². The van der Waals surface area contributed by atoms with Crippen molar-refractivity contribution in [3.63, 3.8) is 0 Å². The van der Waals surface area contributed by atoms with Crippen molar-refractivity contribution in [1.82, 2.24) is 0 Å². The van der Waals surface area contributed by atoms with E-state index in [2.05, 4.69) is 26.0 Å². The van der Waals surface area contributed by atoms with Gasteiger partial charge in [0.1, 0.15) is 5.75 Å². The highest BCUT2D eigenvalue weighted by atomic mass is 35.5. The highest BCUT2D eigenvalue weighted by molar-refractivity contribution is 6.32. The molecule has 102 valence electrons. The number of quaternary nitrogens is 1. The van der Waals surface area contributed by atoms with Crippen LogP contribution in [-0.2, 0) is 6.42 Å². The maximum absolute atomic E-state index is 6.03. The van der Waals surface area contributed by atoms with E-state index in [1.807, 2.05) is 6.07 Å². The maximum atomic E-state index is 6.03. The van der Waals surface area contributed by atoms with Crippen molar-refractivity contribution in [2.24, 2.45) is 0 Å². The van der Waals surface area contributed by atoms with E-state index in [0.717, 1.165) is 12.2 Å². The number of benzene rings is 1. The maximum Gasteiger partial charge on any atom is 0.137 e. The van der Waals surface area contributed by atoms with Gasteiger partial charge < -0.3 is 9.64 Å². The molecular weight excluding hydrogens is 246 g/mol. The van der Waals surface area contributed by atoms with Crippen LogP contribution in [0.5, 0.6) is 5.75 Å². The van der Waals surface area contributed by atoms with Gasteiger partial charge in [-0.3, -0.25) is 0 Å². The average Bonchev–Trinajstić information content (AvgIpc) is 2.38. The van der Waals surface area contributed by atoms with Crippen LogP contribution in [0.2, 0.25) is 5.02 Å². The van der Waals surface area contributed by atoms with E-state index in [9.17, 15) is 0 Å². The minimum atomic E-state index is 0.688. The molecule has 0 fully saturated rings. The molecule has 1 aromatic rings. The second kappa shape index (κ2) is 8.39. The van der Waals surface area contributed by atoms with Crippen molar-refractivity contribution < 1.29 is 9.64 Å². The second-order valence-electron chi connectivity index (χ2n) is 4.72. The molecule has 18 heavy (non-hydrogen) atoms. The Morgan fingerprint density at radius 2 is 1.78 bits per heavy atom. The van der Waals surface area contributed by atoms with Crippen molar-refractivity contribution in [1.29, 1.82) is 0 Å². The van der Waals surface area contributed by atoms with E-state index < -0.39 is 0 Å². The number of hydrogen-bond acceptors (Lipinski definition) is 1. The molecule has 0 radical (unpaired) electrons. The molecule has 1 aromatic carbocycles. The highest BCUT2D eigenvalue weighted by Crippen LogP contribution is 2.24.